The van der Waals surface area contributed by atoms with Crippen LogP contribution in [0.2, 0.25) is 0 Å². The quantitative estimate of drug-likeness (QED) is 0.0272. The Hall–Kier alpha value is -2.06. The molecule has 0 heterocycles. The Kier molecular flexibility index (Phi) is 61.8. The first kappa shape index (κ1) is 79.9. The van der Waals surface area contributed by atoms with Gasteiger partial charge in [0.15, 0.2) is 0 Å². The lowest BCUT2D eigenvalue weighted by Gasteiger charge is -2.29. The lowest BCUT2D eigenvalue weighted by atomic mass is 10.0. The van der Waals surface area contributed by atoms with Crippen LogP contribution in [0.1, 0.15) is 335 Å². The Morgan fingerprint density at radius 1 is 0.439 bits per heavy atom. The van der Waals surface area contributed by atoms with Gasteiger partial charge in [0.05, 0.1) is 39.9 Å². The van der Waals surface area contributed by atoms with Crippen LogP contribution in [0.25, 0.3) is 0 Å². The number of phosphoric ester groups is 1. The van der Waals surface area contributed by atoms with Crippen LogP contribution in [0.3, 0.4) is 0 Å². The molecule has 0 saturated carbocycles. The summed E-state index contributed by atoms with van der Waals surface area (Å²) in [5.41, 5.74) is 0. The minimum Gasteiger partial charge on any atom is -0.756 e. The fourth-order valence-electron chi connectivity index (χ4n) is 10.5. The second-order valence-electron chi connectivity index (χ2n) is 25.2. The van der Waals surface area contributed by atoms with Crippen molar-refractivity contribution in [2.24, 2.45) is 0 Å². The fourth-order valence-corrected chi connectivity index (χ4v) is 11.2. The van der Waals surface area contributed by atoms with Crippen LogP contribution < -0.4 is 10.2 Å². The standard InChI is InChI=1S/C73H137N2O6P/c1-6-8-10-12-14-16-18-20-22-24-26-28-30-32-34-36-37-39-41-43-45-47-49-51-53-55-57-59-61-63-65-67-73(77)74-71(70-81-82(78,79)80-69-68-75(3,4)5)72(76)66-64-62-60-58-56-54-52-50-48-46-44-42-40-38-35-33-31-29-27-25-23-21-19-17-15-13-11-9-7-2/h8,10,14,16,20,22,26,28,56,58,64,66,71-72,76H,6-7,9,11-13,15,17-19,21,23-25,27,29-55,57,59-63,65,67-70H2,1-5H3,(H-,74,77,78,79)/b10-8-,16-14-,22-20-,28-26-,58-56+,66-64+. The van der Waals surface area contributed by atoms with Gasteiger partial charge in [-0.2, -0.15) is 0 Å². The Labute approximate surface area is 510 Å². The maximum atomic E-state index is 13.0. The second-order valence-corrected chi connectivity index (χ2v) is 26.6. The summed E-state index contributed by atoms with van der Waals surface area (Å²) in [5, 5.41) is 14.0. The maximum Gasteiger partial charge on any atom is 0.268 e. The summed E-state index contributed by atoms with van der Waals surface area (Å²) in [6, 6.07) is -0.907. The summed E-state index contributed by atoms with van der Waals surface area (Å²) in [5.74, 6) is -0.203. The number of phosphoric acid groups is 1. The predicted molar refractivity (Wildman–Crippen MR) is 357 cm³/mol. The van der Waals surface area contributed by atoms with E-state index in [1.165, 1.54) is 250 Å². The molecule has 0 spiro atoms. The van der Waals surface area contributed by atoms with Gasteiger partial charge in [-0.25, -0.2) is 0 Å². The first-order chi connectivity index (χ1) is 40.0. The van der Waals surface area contributed by atoms with Gasteiger partial charge in [-0.05, 0) is 70.6 Å². The van der Waals surface area contributed by atoms with E-state index in [2.05, 4.69) is 79.9 Å². The normalized spacial score (nSPS) is 14.1. The van der Waals surface area contributed by atoms with Gasteiger partial charge in [0.2, 0.25) is 5.91 Å². The number of aliphatic hydroxyl groups is 1. The molecule has 82 heavy (non-hydrogen) atoms. The average Bonchev–Trinajstić information content (AvgIpc) is 3.47. The Balaban J connectivity index is 4.08. The zero-order chi connectivity index (χ0) is 59.8. The van der Waals surface area contributed by atoms with Crippen molar-refractivity contribution < 1.29 is 32.9 Å². The third-order valence-corrected chi connectivity index (χ3v) is 16.9. The van der Waals surface area contributed by atoms with E-state index in [0.717, 1.165) is 64.2 Å². The number of unbranched alkanes of at least 4 members (excludes halogenated alkanes) is 42. The lowest BCUT2D eigenvalue weighted by Crippen LogP contribution is -2.45. The van der Waals surface area contributed by atoms with Crippen molar-refractivity contribution in [3.63, 3.8) is 0 Å². The molecule has 0 aromatic heterocycles. The van der Waals surface area contributed by atoms with Crippen molar-refractivity contribution in [2.45, 2.75) is 347 Å². The molecule has 3 unspecified atom stereocenters. The molecule has 0 fully saturated rings. The van der Waals surface area contributed by atoms with Crippen LogP contribution in [0.4, 0.5) is 0 Å². The number of nitrogens with zero attached hydrogens (tertiary/aromatic N) is 1. The van der Waals surface area contributed by atoms with Gasteiger partial charge in [-0.1, -0.05) is 331 Å². The molecular formula is C73H137N2O6P. The molecule has 480 valence electrons. The van der Waals surface area contributed by atoms with E-state index >= 15 is 0 Å². The van der Waals surface area contributed by atoms with E-state index in [4.69, 9.17) is 9.05 Å². The molecule has 2 N–H and O–H groups in total. The van der Waals surface area contributed by atoms with Gasteiger partial charge in [-0.15, -0.1) is 0 Å². The molecule has 0 bridgehead atoms. The molecule has 0 aliphatic carbocycles. The molecule has 3 atom stereocenters. The summed E-state index contributed by atoms with van der Waals surface area (Å²) in [6.45, 7) is 4.56. The number of aliphatic hydroxyl groups excluding tert-OH is 1. The summed E-state index contributed by atoms with van der Waals surface area (Å²) in [7, 11) is 1.25. The molecule has 0 rings (SSSR count). The highest BCUT2D eigenvalue weighted by molar-refractivity contribution is 7.45. The van der Waals surface area contributed by atoms with Crippen LogP contribution in [-0.4, -0.2) is 68.5 Å². The number of hydrogen-bond acceptors (Lipinski definition) is 6. The zero-order valence-corrected chi connectivity index (χ0v) is 55.8. The number of carbonyl (C=O) groups excluding carboxylic acids is 1. The minimum absolute atomic E-state index is 0.00691. The number of likely N-dealkylation sites (N-methyl/N-ethyl adjacent to an activating group) is 1. The first-order valence-corrected chi connectivity index (χ1v) is 36.8. The Bertz CT molecular complexity index is 1570. The molecule has 0 aliphatic rings. The van der Waals surface area contributed by atoms with E-state index in [1.807, 2.05) is 27.2 Å². The van der Waals surface area contributed by atoms with Crippen LogP contribution in [-0.2, 0) is 18.4 Å². The second kappa shape index (κ2) is 63.4. The van der Waals surface area contributed by atoms with Gasteiger partial charge < -0.3 is 28.8 Å². The molecule has 1 amide bonds. The third-order valence-electron chi connectivity index (χ3n) is 15.9. The molecular weight excluding hydrogens is 1030 g/mol. The van der Waals surface area contributed by atoms with Gasteiger partial charge >= 0.3 is 0 Å². The van der Waals surface area contributed by atoms with E-state index in [0.29, 0.717) is 17.4 Å². The van der Waals surface area contributed by atoms with Crippen molar-refractivity contribution in [3.05, 3.63) is 72.9 Å². The summed E-state index contributed by atoms with van der Waals surface area (Å²) >= 11 is 0. The summed E-state index contributed by atoms with van der Waals surface area (Å²) < 4.78 is 23.4. The first-order valence-electron chi connectivity index (χ1n) is 35.3. The highest BCUT2D eigenvalue weighted by atomic mass is 31.2. The van der Waals surface area contributed by atoms with E-state index in [-0.39, 0.29) is 12.5 Å². The van der Waals surface area contributed by atoms with Crippen molar-refractivity contribution in [3.8, 4) is 0 Å². The van der Waals surface area contributed by atoms with Crippen LogP contribution in [0, 0.1) is 0 Å². The number of nitrogens with one attached hydrogen (secondary N) is 1. The lowest BCUT2D eigenvalue weighted by molar-refractivity contribution is -0.870. The van der Waals surface area contributed by atoms with Gasteiger partial charge in [0, 0.05) is 6.42 Å². The SMILES string of the molecule is CC/C=C\C/C=C\C/C=C\C/C=C\CCCCCCCCCCCCCCCCCCCCC(=O)NC(COP(=O)([O-])OCC[N+](C)(C)C)C(O)/C=C/CC/C=C/CCCCCCCCCCCCCCCCCCCCCCCCC. The highest BCUT2D eigenvalue weighted by Crippen LogP contribution is 2.38. The average molecular weight is 1170 g/mol. The zero-order valence-electron chi connectivity index (χ0n) is 54.9. The number of amides is 1. The fraction of sp³-hybridized carbons (Fsp3) is 0.822. The van der Waals surface area contributed by atoms with Crippen LogP contribution in [0.15, 0.2) is 72.9 Å². The minimum atomic E-state index is -4.61. The van der Waals surface area contributed by atoms with Gasteiger partial charge in [-0.3, -0.25) is 9.36 Å². The molecule has 0 aromatic rings. The van der Waals surface area contributed by atoms with Gasteiger partial charge in [0.25, 0.3) is 7.82 Å². The highest BCUT2D eigenvalue weighted by Gasteiger charge is 2.23. The maximum absolute atomic E-state index is 13.0. The number of quaternary nitrogens is 1. The van der Waals surface area contributed by atoms with E-state index in [9.17, 15) is 19.4 Å². The summed E-state index contributed by atoms with van der Waals surface area (Å²) in [4.78, 5) is 25.6. The molecule has 0 aliphatic heterocycles. The Morgan fingerprint density at radius 2 is 0.756 bits per heavy atom. The number of carbonyl (C=O) groups is 1. The molecule has 8 nitrogen and oxygen atoms in total. The number of rotatable bonds is 65. The van der Waals surface area contributed by atoms with Crippen LogP contribution >= 0.6 is 7.82 Å². The monoisotopic (exact) mass is 1170 g/mol. The smallest absolute Gasteiger partial charge is 0.268 e. The molecule has 9 heteroatoms. The number of allylic oxidation sites excluding steroid dienone is 11. The molecule has 0 saturated heterocycles. The largest absolute Gasteiger partial charge is 0.756 e. The van der Waals surface area contributed by atoms with Crippen molar-refractivity contribution in [1.29, 1.82) is 0 Å². The molecule has 0 radical (unpaired) electrons. The van der Waals surface area contributed by atoms with E-state index < -0.39 is 26.6 Å². The van der Waals surface area contributed by atoms with Gasteiger partial charge in [0.1, 0.15) is 13.2 Å². The topological polar surface area (TPSA) is 108 Å². The molecule has 0 aromatic carbocycles. The summed E-state index contributed by atoms with van der Waals surface area (Å²) in [6.07, 6.45) is 88.9. The van der Waals surface area contributed by atoms with Crippen LogP contribution in [0.5, 0.6) is 0 Å². The van der Waals surface area contributed by atoms with E-state index in [1.54, 1.807) is 6.08 Å². The Morgan fingerprint density at radius 3 is 1.13 bits per heavy atom. The third kappa shape index (κ3) is 65.5. The van der Waals surface area contributed by atoms with Crippen molar-refractivity contribution in [2.75, 3.05) is 40.9 Å². The number of hydrogen-bond donors (Lipinski definition) is 2. The van der Waals surface area contributed by atoms with Crippen molar-refractivity contribution in [1.82, 2.24) is 5.32 Å². The predicted octanol–water partition coefficient (Wildman–Crippen LogP) is 21.9. The van der Waals surface area contributed by atoms with Crippen molar-refractivity contribution >= 4 is 13.7 Å².